The van der Waals surface area contributed by atoms with Gasteiger partial charge >= 0.3 is 0 Å². The van der Waals surface area contributed by atoms with Crippen molar-refractivity contribution in [3.05, 3.63) is 24.0 Å². The summed E-state index contributed by atoms with van der Waals surface area (Å²) < 4.78 is 0. The van der Waals surface area contributed by atoms with Gasteiger partial charge in [0.15, 0.2) is 0 Å². The van der Waals surface area contributed by atoms with Gasteiger partial charge in [-0.1, -0.05) is 13.3 Å². The molecule has 2 heterocycles. The number of anilines is 1. The van der Waals surface area contributed by atoms with Crippen molar-refractivity contribution in [2.75, 3.05) is 18.0 Å². The summed E-state index contributed by atoms with van der Waals surface area (Å²) in [5.74, 6) is 0.775. The van der Waals surface area contributed by atoms with Crippen molar-refractivity contribution in [1.82, 2.24) is 4.98 Å². The lowest BCUT2D eigenvalue weighted by atomic mass is 10.1. The van der Waals surface area contributed by atoms with Crippen LogP contribution in [0.4, 0.5) is 5.69 Å². The average Bonchev–Trinajstić information content (AvgIpc) is 2.77. The Morgan fingerprint density at radius 2 is 2.53 bits per heavy atom. The Bertz CT molecular complexity index is 381. The molecule has 1 aromatic rings. The van der Waals surface area contributed by atoms with Gasteiger partial charge in [-0.15, -0.1) is 0 Å². The van der Waals surface area contributed by atoms with Gasteiger partial charge in [0, 0.05) is 19.3 Å². The van der Waals surface area contributed by atoms with E-state index < -0.39 is 0 Å². The zero-order chi connectivity index (χ0) is 10.7. The van der Waals surface area contributed by atoms with E-state index in [2.05, 4.69) is 22.9 Å². The maximum absolute atomic E-state index is 9.00. The average molecular weight is 201 g/mol. The van der Waals surface area contributed by atoms with E-state index in [-0.39, 0.29) is 0 Å². The third-order valence-electron chi connectivity index (χ3n) is 3.12. The van der Waals surface area contributed by atoms with Crippen LogP contribution in [0.5, 0.6) is 0 Å². The van der Waals surface area contributed by atoms with Crippen LogP contribution in [-0.2, 0) is 0 Å². The SMILES string of the molecule is CCC1CCN(c2cnccc2C#N)C1. The molecule has 0 amide bonds. The minimum atomic E-state index is 0.738. The molecule has 1 fully saturated rings. The van der Waals surface area contributed by atoms with Crippen molar-refractivity contribution >= 4 is 5.69 Å². The van der Waals surface area contributed by atoms with Crippen LogP contribution in [0.2, 0.25) is 0 Å². The number of hydrogen-bond donors (Lipinski definition) is 0. The van der Waals surface area contributed by atoms with Crippen molar-refractivity contribution in [1.29, 1.82) is 5.26 Å². The normalized spacial score (nSPS) is 20.3. The Labute approximate surface area is 90.4 Å². The summed E-state index contributed by atoms with van der Waals surface area (Å²) in [6, 6.07) is 4.01. The number of aromatic nitrogens is 1. The summed E-state index contributed by atoms with van der Waals surface area (Å²) >= 11 is 0. The molecule has 0 aliphatic carbocycles. The zero-order valence-electron chi connectivity index (χ0n) is 8.98. The fraction of sp³-hybridized carbons (Fsp3) is 0.500. The topological polar surface area (TPSA) is 39.9 Å². The highest BCUT2D eigenvalue weighted by molar-refractivity contribution is 5.58. The van der Waals surface area contributed by atoms with Gasteiger partial charge in [0.25, 0.3) is 0 Å². The molecule has 0 saturated carbocycles. The molecular formula is C12H15N3. The maximum Gasteiger partial charge on any atom is 0.101 e. The Balaban J connectivity index is 2.20. The summed E-state index contributed by atoms with van der Waals surface area (Å²) in [5, 5.41) is 9.00. The van der Waals surface area contributed by atoms with Gasteiger partial charge in [0.05, 0.1) is 17.4 Å². The Hall–Kier alpha value is -1.56. The lowest BCUT2D eigenvalue weighted by Crippen LogP contribution is -2.20. The number of nitriles is 1. The Morgan fingerprint density at radius 3 is 3.20 bits per heavy atom. The van der Waals surface area contributed by atoms with E-state index in [1.807, 2.05) is 0 Å². The molecule has 1 aromatic heterocycles. The Kier molecular flexibility index (Phi) is 2.86. The van der Waals surface area contributed by atoms with Crippen molar-refractivity contribution in [3.63, 3.8) is 0 Å². The zero-order valence-corrected chi connectivity index (χ0v) is 8.98. The first-order valence-electron chi connectivity index (χ1n) is 5.44. The highest BCUT2D eigenvalue weighted by Gasteiger charge is 2.22. The van der Waals surface area contributed by atoms with Crippen LogP contribution in [0, 0.1) is 17.2 Å². The standard InChI is InChI=1S/C12H15N3/c1-2-10-4-6-15(9-10)12-8-14-5-3-11(12)7-13/h3,5,8,10H,2,4,6,9H2,1H3. The highest BCUT2D eigenvalue weighted by atomic mass is 15.2. The lowest BCUT2D eigenvalue weighted by molar-refractivity contribution is 0.569. The second-order valence-corrected chi connectivity index (χ2v) is 4.01. The minimum Gasteiger partial charge on any atom is -0.369 e. The molecule has 2 rings (SSSR count). The fourth-order valence-corrected chi connectivity index (χ4v) is 2.12. The largest absolute Gasteiger partial charge is 0.369 e. The van der Waals surface area contributed by atoms with Crippen LogP contribution in [0.1, 0.15) is 25.3 Å². The van der Waals surface area contributed by atoms with Crippen LogP contribution in [0.15, 0.2) is 18.5 Å². The van der Waals surface area contributed by atoms with Gasteiger partial charge in [-0.2, -0.15) is 5.26 Å². The highest BCUT2D eigenvalue weighted by Crippen LogP contribution is 2.27. The monoisotopic (exact) mass is 201 g/mol. The second-order valence-electron chi connectivity index (χ2n) is 4.01. The van der Waals surface area contributed by atoms with Crippen molar-refractivity contribution in [2.24, 2.45) is 5.92 Å². The van der Waals surface area contributed by atoms with Gasteiger partial charge in [-0.25, -0.2) is 0 Å². The van der Waals surface area contributed by atoms with Crippen molar-refractivity contribution in [2.45, 2.75) is 19.8 Å². The quantitative estimate of drug-likeness (QED) is 0.736. The fourth-order valence-electron chi connectivity index (χ4n) is 2.12. The van der Waals surface area contributed by atoms with Gasteiger partial charge < -0.3 is 4.90 Å². The van der Waals surface area contributed by atoms with Crippen molar-refractivity contribution < 1.29 is 0 Å². The molecule has 3 nitrogen and oxygen atoms in total. The summed E-state index contributed by atoms with van der Waals surface area (Å²) in [6.45, 7) is 4.35. The predicted octanol–water partition coefficient (Wildman–Crippen LogP) is 2.19. The first kappa shape index (κ1) is 9.97. The third-order valence-corrected chi connectivity index (χ3v) is 3.12. The number of pyridine rings is 1. The van der Waals surface area contributed by atoms with Gasteiger partial charge in [-0.3, -0.25) is 4.98 Å². The van der Waals surface area contributed by atoms with Crippen LogP contribution < -0.4 is 4.90 Å². The van der Waals surface area contributed by atoms with Crippen LogP contribution >= 0.6 is 0 Å². The molecule has 1 saturated heterocycles. The van der Waals surface area contributed by atoms with E-state index >= 15 is 0 Å². The molecule has 0 radical (unpaired) electrons. The molecule has 0 bridgehead atoms. The molecule has 1 unspecified atom stereocenters. The van der Waals surface area contributed by atoms with Crippen LogP contribution in [0.25, 0.3) is 0 Å². The first-order chi connectivity index (χ1) is 7.35. The van der Waals surface area contributed by atoms with E-state index in [0.717, 1.165) is 30.3 Å². The Morgan fingerprint density at radius 1 is 1.67 bits per heavy atom. The van der Waals surface area contributed by atoms with E-state index in [0.29, 0.717) is 0 Å². The van der Waals surface area contributed by atoms with E-state index in [9.17, 15) is 0 Å². The molecular weight excluding hydrogens is 186 g/mol. The van der Waals surface area contributed by atoms with Crippen LogP contribution in [0.3, 0.4) is 0 Å². The molecule has 15 heavy (non-hydrogen) atoms. The lowest BCUT2D eigenvalue weighted by Gasteiger charge is -2.18. The smallest absolute Gasteiger partial charge is 0.101 e. The minimum absolute atomic E-state index is 0.738. The summed E-state index contributed by atoms with van der Waals surface area (Å²) in [7, 11) is 0. The number of rotatable bonds is 2. The molecule has 1 aliphatic rings. The van der Waals surface area contributed by atoms with Crippen molar-refractivity contribution in [3.8, 4) is 6.07 Å². The second kappa shape index (κ2) is 4.31. The molecule has 1 aliphatic heterocycles. The van der Waals surface area contributed by atoms with Gasteiger partial charge in [0.2, 0.25) is 0 Å². The molecule has 0 aromatic carbocycles. The first-order valence-corrected chi connectivity index (χ1v) is 5.44. The van der Waals surface area contributed by atoms with E-state index in [1.54, 1.807) is 18.5 Å². The number of hydrogen-bond acceptors (Lipinski definition) is 3. The summed E-state index contributed by atoms with van der Waals surface area (Å²) in [6.07, 6.45) is 5.93. The maximum atomic E-state index is 9.00. The van der Waals surface area contributed by atoms with Gasteiger partial charge in [0.1, 0.15) is 6.07 Å². The molecule has 1 atom stereocenters. The molecule has 0 spiro atoms. The third kappa shape index (κ3) is 1.94. The van der Waals surface area contributed by atoms with Gasteiger partial charge in [-0.05, 0) is 18.4 Å². The summed E-state index contributed by atoms with van der Waals surface area (Å²) in [4.78, 5) is 6.37. The number of nitrogens with zero attached hydrogens (tertiary/aromatic N) is 3. The van der Waals surface area contributed by atoms with E-state index in [4.69, 9.17) is 5.26 Å². The molecule has 78 valence electrons. The summed E-state index contributed by atoms with van der Waals surface area (Å²) in [5.41, 5.74) is 1.73. The molecule has 3 heteroatoms. The van der Waals surface area contributed by atoms with E-state index in [1.165, 1.54) is 12.8 Å². The van der Waals surface area contributed by atoms with Crippen LogP contribution in [-0.4, -0.2) is 18.1 Å². The molecule has 0 N–H and O–H groups in total. The predicted molar refractivity (Wildman–Crippen MR) is 59.6 cm³/mol.